The SMILES string of the molecule is COc1ccc2c(-c3ccccc3)c(C(=O)NCC(C)O)oc2c1. The van der Waals surface area contributed by atoms with Gasteiger partial charge < -0.3 is 19.6 Å². The van der Waals surface area contributed by atoms with Gasteiger partial charge >= 0.3 is 0 Å². The molecule has 0 radical (unpaired) electrons. The molecular formula is C19H19NO4. The fourth-order valence-corrected chi connectivity index (χ4v) is 2.58. The lowest BCUT2D eigenvalue weighted by Crippen LogP contribution is -2.30. The van der Waals surface area contributed by atoms with Crippen molar-refractivity contribution in [3.05, 3.63) is 54.3 Å². The Morgan fingerprint density at radius 3 is 2.67 bits per heavy atom. The second-order valence-electron chi connectivity index (χ2n) is 5.59. The molecule has 0 saturated carbocycles. The number of fused-ring (bicyclic) bond motifs is 1. The molecule has 0 aliphatic carbocycles. The fraction of sp³-hybridized carbons (Fsp3) is 0.211. The van der Waals surface area contributed by atoms with Gasteiger partial charge in [0.2, 0.25) is 5.76 Å². The van der Waals surface area contributed by atoms with Crippen LogP contribution < -0.4 is 10.1 Å². The number of nitrogens with one attached hydrogen (secondary N) is 1. The van der Waals surface area contributed by atoms with E-state index < -0.39 is 6.10 Å². The molecule has 2 aromatic carbocycles. The zero-order chi connectivity index (χ0) is 17.1. The topological polar surface area (TPSA) is 71.7 Å². The molecule has 5 nitrogen and oxygen atoms in total. The molecule has 0 aliphatic rings. The number of aliphatic hydroxyl groups excluding tert-OH is 1. The summed E-state index contributed by atoms with van der Waals surface area (Å²) in [7, 11) is 1.58. The highest BCUT2D eigenvalue weighted by Crippen LogP contribution is 2.36. The zero-order valence-corrected chi connectivity index (χ0v) is 13.6. The number of carbonyl (C=O) groups excluding carboxylic acids is 1. The second-order valence-corrected chi connectivity index (χ2v) is 5.59. The molecule has 1 amide bonds. The first kappa shape index (κ1) is 16.1. The van der Waals surface area contributed by atoms with Crippen molar-refractivity contribution in [1.82, 2.24) is 5.32 Å². The molecule has 1 unspecified atom stereocenters. The number of benzene rings is 2. The number of methoxy groups -OCH3 is 1. The normalized spacial score (nSPS) is 12.1. The second kappa shape index (κ2) is 6.76. The van der Waals surface area contributed by atoms with Crippen molar-refractivity contribution in [3.8, 4) is 16.9 Å². The lowest BCUT2D eigenvalue weighted by molar-refractivity contribution is 0.0899. The third kappa shape index (κ3) is 3.12. The maximum Gasteiger partial charge on any atom is 0.287 e. The molecule has 1 atom stereocenters. The summed E-state index contributed by atoms with van der Waals surface area (Å²) >= 11 is 0. The maximum absolute atomic E-state index is 12.5. The first-order valence-corrected chi connectivity index (χ1v) is 7.72. The van der Waals surface area contributed by atoms with Gasteiger partial charge in [0.1, 0.15) is 11.3 Å². The summed E-state index contributed by atoms with van der Waals surface area (Å²) in [6.07, 6.45) is -0.626. The van der Waals surface area contributed by atoms with Crippen LogP contribution in [0.4, 0.5) is 0 Å². The Bertz CT molecular complexity index is 852. The Labute approximate surface area is 139 Å². The molecule has 0 saturated heterocycles. The van der Waals surface area contributed by atoms with E-state index in [1.807, 2.05) is 42.5 Å². The molecule has 0 bridgehead atoms. The van der Waals surface area contributed by atoms with Gasteiger partial charge in [-0.2, -0.15) is 0 Å². The quantitative estimate of drug-likeness (QED) is 0.755. The molecule has 1 aromatic heterocycles. The zero-order valence-electron chi connectivity index (χ0n) is 13.6. The standard InChI is InChI=1S/C19H19NO4/c1-12(21)11-20-19(22)18-17(13-6-4-3-5-7-13)15-9-8-14(23-2)10-16(15)24-18/h3-10,12,21H,11H2,1-2H3,(H,20,22). The first-order chi connectivity index (χ1) is 11.6. The molecule has 3 aromatic rings. The number of rotatable bonds is 5. The molecule has 0 fully saturated rings. The molecule has 124 valence electrons. The van der Waals surface area contributed by atoms with Crippen LogP contribution in [0.5, 0.6) is 5.75 Å². The van der Waals surface area contributed by atoms with E-state index in [4.69, 9.17) is 9.15 Å². The van der Waals surface area contributed by atoms with Crippen molar-refractivity contribution < 1.29 is 19.1 Å². The molecule has 0 spiro atoms. The molecule has 1 heterocycles. The minimum absolute atomic E-state index is 0.160. The van der Waals surface area contributed by atoms with E-state index in [-0.39, 0.29) is 18.2 Å². The predicted octanol–water partition coefficient (Wildman–Crippen LogP) is 3.22. The third-order valence-electron chi connectivity index (χ3n) is 3.72. The van der Waals surface area contributed by atoms with Gasteiger partial charge in [-0.25, -0.2) is 0 Å². The van der Waals surface area contributed by atoms with E-state index in [2.05, 4.69) is 5.32 Å². The van der Waals surface area contributed by atoms with E-state index in [0.29, 0.717) is 11.3 Å². The minimum Gasteiger partial charge on any atom is -0.497 e. The van der Waals surface area contributed by atoms with E-state index >= 15 is 0 Å². The van der Waals surface area contributed by atoms with Gasteiger partial charge in [0.05, 0.1) is 13.2 Å². The van der Waals surface area contributed by atoms with Gasteiger partial charge in [-0.05, 0) is 24.6 Å². The molecule has 3 rings (SSSR count). The minimum atomic E-state index is -0.626. The Morgan fingerprint density at radius 1 is 1.25 bits per heavy atom. The van der Waals surface area contributed by atoms with Crippen LogP contribution in [0.2, 0.25) is 0 Å². The average Bonchev–Trinajstić information content (AvgIpc) is 2.98. The molecule has 5 heteroatoms. The van der Waals surface area contributed by atoms with Crippen molar-refractivity contribution in [2.45, 2.75) is 13.0 Å². The van der Waals surface area contributed by atoms with Crippen molar-refractivity contribution >= 4 is 16.9 Å². The summed E-state index contributed by atoms with van der Waals surface area (Å²) in [5.41, 5.74) is 2.20. The number of hydrogen-bond donors (Lipinski definition) is 2. The van der Waals surface area contributed by atoms with Gasteiger partial charge in [-0.1, -0.05) is 30.3 Å². The predicted molar refractivity (Wildman–Crippen MR) is 92.2 cm³/mol. The Balaban J connectivity index is 2.14. The average molecular weight is 325 g/mol. The Hall–Kier alpha value is -2.79. The van der Waals surface area contributed by atoms with Crippen molar-refractivity contribution in [2.24, 2.45) is 0 Å². The van der Waals surface area contributed by atoms with E-state index in [1.165, 1.54) is 0 Å². The number of carbonyl (C=O) groups is 1. The van der Waals surface area contributed by atoms with E-state index in [9.17, 15) is 9.90 Å². The Kier molecular flexibility index (Phi) is 4.53. The van der Waals surface area contributed by atoms with Gasteiger partial charge in [0.25, 0.3) is 5.91 Å². The number of ether oxygens (including phenoxy) is 1. The highest BCUT2D eigenvalue weighted by atomic mass is 16.5. The van der Waals surface area contributed by atoms with Crippen molar-refractivity contribution in [2.75, 3.05) is 13.7 Å². The highest BCUT2D eigenvalue weighted by molar-refractivity contribution is 6.08. The number of hydrogen-bond acceptors (Lipinski definition) is 4. The van der Waals surface area contributed by atoms with Crippen LogP contribution in [0.1, 0.15) is 17.5 Å². The lowest BCUT2D eigenvalue weighted by atomic mass is 10.0. The molecule has 0 aliphatic heterocycles. The summed E-state index contributed by atoms with van der Waals surface area (Å²) in [5, 5.41) is 12.9. The van der Waals surface area contributed by atoms with Crippen LogP contribution in [0, 0.1) is 0 Å². The first-order valence-electron chi connectivity index (χ1n) is 7.72. The van der Waals surface area contributed by atoms with Crippen LogP contribution in [-0.4, -0.2) is 30.8 Å². The monoisotopic (exact) mass is 325 g/mol. The van der Waals surface area contributed by atoms with E-state index in [1.54, 1.807) is 20.1 Å². The van der Waals surface area contributed by atoms with Gasteiger partial charge in [0.15, 0.2) is 0 Å². The fourth-order valence-electron chi connectivity index (χ4n) is 2.58. The number of furan rings is 1. The number of amides is 1. The number of aliphatic hydroxyl groups is 1. The van der Waals surface area contributed by atoms with Crippen molar-refractivity contribution in [3.63, 3.8) is 0 Å². The van der Waals surface area contributed by atoms with Crippen LogP contribution >= 0.6 is 0 Å². The largest absolute Gasteiger partial charge is 0.497 e. The maximum atomic E-state index is 12.5. The van der Waals surface area contributed by atoms with Crippen LogP contribution in [0.15, 0.2) is 52.9 Å². The summed E-state index contributed by atoms with van der Waals surface area (Å²) in [6.45, 7) is 1.77. The molecule has 2 N–H and O–H groups in total. The van der Waals surface area contributed by atoms with E-state index in [0.717, 1.165) is 16.5 Å². The van der Waals surface area contributed by atoms with Crippen LogP contribution in [0.3, 0.4) is 0 Å². The Morgan fingerprint density at radius 2 is 2.00 bits per heavy atom. The summed E-state index contributed by atoms with van der Waals surface area (Å²) in [6, 6.07) is 15.1. The smallest absolute Gasteiger partial charge is 0.287 e. The van der Waals surface area contributed by atoms with Crippen molar-refractivity contribution in [1.29, 1.82) is 0 Å². The van der Waals surface area contributed by atoms with Crippen LogP contribution in [0.25, 0.3) is 22.1 Å². The van der Waals surface area contributed by atoms with Gasteiger partial charge in [0, 0.05) is 23.6 Å². The van der Waals surface area contributed by atoms with Crippen LogP contribution in [-0.2, 0) is 0 Å². The summed E-state index contributed by atoms with van der Waals surface area (Å²) in [4.78, 5) is 12.5. The highest BCUT2D eigenvalue weighted by Gasteiger charge is 2.22. The van der Waals surface area contributed by atoms with Gasteiger partial charge in [-0.15, -0.1) is 0 Å². The van der Waals surface area contributed by atoms with Gasteiger partial charge in [-0.3, -0.25) is 4.79 Å². The third-order valence-corrected chi connectivity index (χ3v) is 3.72. The summed E-state index contributed by atoms with van der Waals surface area (Å²) in [5.74, 6) is 0.529. The molecular weight excluding hydrogens is 306 g/mol. The lowest BCUT2D eigenvalue weighted by Gasteiger charge is -2.07. The molecule has 24 heavy (non-hydrogen) atoms. The summed E-state index contributed by atoms with van der Waals surface area (Å²) < 4.78 is 11.0.